The summed E-state index contributed by atoms with van der Waals surface area (Å²) in [5.74, 6) is 0.565. The molecule has 0 amide bonds. The molecule has 154 valence electrons. The van der Waals surface area contributed by atoms with Gasteiger partial charge in [0.05, 0.1) is 13.5 Å². The van der Waals surface area contributed by atoms with Gasteiger partial charge in [-0.2, -0.15) is 0 Å². The molecular formula is C26H26O4. The van der Waals surface area contributed by atoms with Crippen molar-refractivity contribution in [1.29, 1.82) is 0 Å². The van der Waals surface area contributed by atoms with Crippen LogP contribution < -0.4 is 4.74 Å². The second-order valence-corrected chi connectivity index (χ2v) is 7.28. The van der Waals surface area contributed by atoms with Crippen molar-refractivity contribution in [2.75, 3.05) is 7.11 Å². The zero-order chi connectivity index (χ0) is 21.3. The number of methoxy groups -OCH3 is 1. The maximum Gasteiger partial charge on any atom is 0.170 e. The van der Waals surface area contributed by atoms with Crippen LogP contribution in [0.3, 0.4) is 0 Å². The maximum atomic E-state index is 12.4. The Kier molecular flexibility index (Phi) is 7.52. The van der Waals surface area contributed by atoms with Gasteiger partial charge in [-0.25, -0.2) is 0 Å². The van der Waals surface area contributed by atoms with Gasteiger partial charge in [0.2, 0.25) is 0 Å². The highest BCUT2D eigenvalue weighted by atomic mass is 16.5. The van der Waals surface area contributed by atoms with Crippen molar-refractivity contribution in [3.8, 4) is 5.75 Å². The fourth-order valence-electron chi connectivity index (χ4n) is 3.33. The number of aliphatic hydroxyl groups is 1. The smallest absolute Gasteiger partial charge is 0.170 e. The Balaban J connectivity index is 1.48. The molecule has 0 aliphatic rings. The van der Waals surface area contributed by atoms with Gasteiger partial charge in [-0.15, -0.1) is 0 Å². The number of aryl methyl sites for hydroxylation is 1. The van der Waals surface area contributed by atoms with Gasteiger partial charge in [0.1, 0.15) is 17.6 Å². The first-order chi connectivity index (χ1) is 14.6. The van der Waals surface area contributed by atoms with Crippen LogP contribution in [0.15, 0.2) is 78.9 Å². The molecule has 0 fully saturated rings. The second kappa shape index (κ2) is 10.5. The van der Waals surface area contributed by atoms with E-state index in [2.05, 4.69) is 0 Å². The summed E-state index contributed by atoms with van der Waals surface area (Å²) in [4.78, 5) is 24.6. The van der Waals surface area contributed by atoms with Gasteiger partial charge < -0.3 is 9.84 Å². The molecule has 1 atom stereocenters. The number of Topliss-reactive ketones (excluding diaryl/α,β-unsaturated/α-hetero) is 2. The molecule has 0 aromatic heterocycles. The summed E-state index contributed by atoms with van der Waals surface area (Å²) in [6, 6.07) is 23.9. The molecule has 3 aromatic rings. The first-order valence-electron chi connectivity index (χ1n) is 10.1. The number of benzene rings is 3. The Labute approximate surface area is 177 Å². The molecule has 1 N–H and O–H groups in total. The van der Waals surface area contributed by atoms with Crippen molar-refractivity contribution < 1.29 is 19.4 Å². The van der Waals surface area contributed by atoms with E-state index in [1.54, 1.807) is 31.4 Å². The van der Waals surface area contributed by atoms with Gasteiger partial charge >= 0.3 is 0 Å². The average molecular weight is 402 g/mol. The van der Waals surface area contributed by atoms with Crippen LogP contribution in [0.1, 0.15) is 52.4 Å². The normalized spacial score (nSPS) is 11.7. The lowest BCUT2D eigenvalue weighted by molar-refractivity contribution is -0.118. The van der Waals surface area contributed by atoms with Crippen molar-refractivity contribution in [1.82, 2.24) is 0 Å². The fraction of sp³-hybridized carbons (Fsp3) is 0.231. The Bertz CT molecular complexity index is 960. The minimum atomic E-state index is -0.741. The highest BCUT2D eigenvalue weighted by molar-refractivity contribution is 6.07. The van der Waals surface area contributed by atoms with E-state index < -0.39 is 6.10 Å². The van der Waals surface area contributed by atoms with Crippen LogP contribution in [-0.4, -0.2) is 23.8 Å². The molecule has 30 heavy (non-hydrogen) atoms. The monoisotopic (exact) mass is 402 g/mol. The molecule has 0 aliphatic heterocycles. The largest absolute Gasteiger partial charge is 0.497 e. The van der Waals surface area contributed by atoms with E-state index in [0.717, 1.165) is 23.3 Å². The SMILES string of the molecule is COc1ccc(CCCC(=O)CC(=O)c2ccc(C(O)c3ccccc3)cc2)cc1. The quantitative estimate of drug-likeness (QED) is 0.385. The molecule has 4 nitrogen and oxygen atoms in total. The standard InChI is InChI=1S/C26H26O4/c1-30-24-16-10-19(11-17-24)6-5-9-23(27)18-25(28)20-12-14-22(15-13-20)26(29)21-7-3-2-4-8-21/h2-4,7-8,10-17,26,29H,5-6,9,18H2,1H3. The molecule has 0 saturated heterocycles. The van der Waals surface area contributed by atoms with Gasteiger partial charge in [-0.3, -0.25) is 9.59 Å². The van der Waals surface area contributed by atoms with Crippen molar-refractivity contribution >= 4 is 11.6 Å². The van der Waals surface area contributed by atoms with Crippen molar-refractivity contribution in [3.63, 3.8) is 0 Å². The molecule has 4 heteroatoms. The predicted octanol–water partition coefficient (Wildman–Crippen LogP) is 4.94. The minimum absolute atomic E-state index is 0.0538. The number of rotatable bonds is 10. The number of ketones is 2. The molecule has 1 unspecified atom stereocenters. The van der Waals surface area contributed by atoms with E-state index in [4.69, 9.17) is 4.74 Å². The molecule has 0 saturated carbocycles. The lowest BCUT2D eigenvalue weighted by Crippen LogP contribution is -2.09. The van der Waals surface area contributed by atoms with Crippen LogP contribution in [0, 0.1) is 0 Å². The minimum Gasteiger partial charge on any atom is -0.497 e. The fourth-order valence-corrected chi connectivity index (χ4v) is 3.33. The summed E-state index contributed by atoms with van der Waals surface area (Å²) in [6.45, 7) is 0. The van der Waals surface area contributed by atoms with Crippen LogP contribution in [-0.2, 0) is 11.2 Å². The molecule has 0 heterocycles. The van der Waals surface area contributed by atoms with Crippen LogP contribution in [0.5, 0.6) is 5.75 Å². The van der Waals surface area contributed by atoms with Crippen molar-refractivity contribution in [2.45, 2.75) is 31.8 Å². The number of carbonyl (C=O) groups is 2. The summed E-state index contributed by atoms with van der Waals surface area (Å²) in [7, 11) is 1.63. The zero-order valence-corrected chi connectivity index (χ0v) is 17.1. The van der Waals surface area contributed by atoms with E-state index in [1.165, 1.54) is 0 Å². The molecule has 0 radical (unpaired) electrons. The first-order valence-corrected chi connectivity index (χ1v) is 10.1. The van der Waals surface area contributed by atoms with Gasteiger partial charge in [-0.05, 0) is 41.7 Å². The van der Waals surface area contributed by atoms with Crippen LogP contribution in [0.4, 0.5) is 0 Å². The predicted molar refractivity (Wildman–Crippen MR) is 117 cm³/mol. The van der Waals surface area contributed by atoms with Gasteiger partial charge in [0.15, 0.2) is 5.78 Å². The number of ether oxygens (including phenoxy) is 1. The van der Waals surface area contributed by atoms with E-state index in [9.17, 15) is 14.7 Å². The maximum absolute atomic E-state index is 12.4. The number of carbonyl (C=O) groups excluding carboxylic acids is 2. The Hall–Kier alpha value is -3.24. The van der Waals surface area contributed by atoms with E-state index in [1.807, 2.05) is 54.6 Å². The second-order valence-electron chi connectivity index (χ2n) is 7.28. The molecule has 3 aromatic carbocycles. The topological polar surface area (TPSA) is 63.6 Å². The van der Waals surface area contributed by atoms with Gasteiger partial charge in [-0.1, -0.05) is 66.7 Å². The lowest BCUT2D eigenvalue weighted by atomic mass is 9.97. The zero-order valence-electron chi connectivity index (χ0n) is 17.1. The summed E-state index contributed by atoms with van der Waals surface area (Å²) in [5.41, 5.74) is 3.14. The molecule has 0 spiro atoms. The van der Waals surface area contributed by atoms with Crippen LogP contribution in [0.2, 0.25) is 0 Å². The Morgan fingerprint density at radius 3 is 2.13 bits per heavy atom. The highest BCUT2D eigenvalue weighted by Crippen LogP contribution is 2.22. The first kappa shape index (κ1) is 21.5. The van der Waals surface area contributed by atoms with Crippen LogP contribution in [0.25, 0.3) is 0 Å². The van der Waals surface area contributed by atoms with E-state index >= 15 is 0 Å². The number of aliphatic hydroxyl groups excluding tert-OH is 1. The molecular weight excluding hydrogens is 376 g/mol. The summed E-state index contributed by atoms with van der Waals surface area (Å²) >= 11 is 0. The third kappa shape index (κ3) is 5.88. The molecule has 3 rings (SSSR count). The Morgan fingerprint density at radius 2 is 1.50 bits per heavy atom. The number of hydrogen-bond donors (Lipinski definition) is 1. The summed E-state index contributed by atoms with van der Waals surface area (Å²) in [6.07, 6.45) is 1.04. The summed E-state index contributed by atoms with van der Waals surface area (Å²) < 4.78 is 5.14. The van der Waals surface area contributed by atoms with E-state index in [0.29, 0.717) is 24.0 Å². The van der Waals surface area contributed by atoms with Crippen molar-refractivity contribution in [3.05, 3.63) is 101 Å². The third-order valence-electron chi connectivity index (χ3n) is 5.10. The summed E-state index contributed by atoms with van der Waals surface area (Å²) in [5, 5.41) is 10.4. The molecule has 0 aliphatic carbocycles. The van der Waals surface area contributed by atoms with E-state index in [-0.39, 0.29) is 18.0 Å². The number of hydrogen-bond acceptors (Lipinski definition) is 4. The highest BCUT2D eigenvalue weighted by Gasteiger charge is 2.14. The molecule has 0 bridgehead atoms. The average Bonchev–Trinajstić information content (AvgIpc) is 2.79. The van der Waals surface area contributed by atoms with Gasteiger partial charge in [0.25, 0.3) is 0 Å². The lowest BCUT2D eigenvalue weighted by Gasteiger charge is -2.11. The van der Waals surface area contributed by atoms with Crippen molar-refractivity contribution in [2.24, 2.45) is 0 Å². The van der Waals surface area contributed by atoms with Crippen LogP contribution >= 0.6 is 0 Å². The third-order valence-corrected chi connectivity index (χ3v) is 5.10. The van der Waals surface area contributed by atoms with Gasteiger partial charge in [0, 0.05) is 12.0 Å². The Morgan fingerprint density at radius 1 is 0.867 bits per heavy atom.